The molecule has 0 aliphatic rings. The van der Waals surface area contributed by atoms with Gasteiger partial charge in [-0.2, -0.15) is 0 Å². The third-order valence-corrected chi connectivity index (χ3v) is 8.10. The predicted octanol–water partition coefficient (Wildman–Crippen LogP) is 6.15. The SMILES string of the molecule is CCCCCC(OC(=O)CCCC(=O)OCCC)C(O)CCCCC(=O)NCNC(=O)CCCCC(O)C(CCCCC)OC(=O)OCCC. The molecule has 0 aromatic rings. The Morgan fingerprint density at radius 2 is 0.960 bits per heavy atom. The molecule has 13 heteroatoms. The largest absolute Gasteiger partial charge is 0.508 e. The van der Waals surface area contributed by atoms with E-state index in [0.29, 0.717) is 70.8 Å². The highest BCUT2D eigenvalue weighted by Crippen LogP contribution is 2.18. The van der Waals surface area contributed by atoms with Crippen LogP contribution in [0.1, 0.15) is 163 Å². The molecule has 0 bridgehead atoms. The molecule has 0 aromatic carbocycles. The van der Waals surface area contributed by atoms with E-state index in [2.05, 4.69) is 24.5 Å². The van der Waals surface area contributed by atoms with E-state index in [-0.39, 0.29) is 56.7 Å². The second-order valence-electron chi connectivity index (χ2n) is 12.9. The molecule has 2 amide bonds. The van der Waals surface area contributed by atoms with E-state index in [1.807, 2.05) is 13.8 Å². The minimum Gasteiger partial charge on any atom is -0.466 e. The average Bonchev–Trinajstić information content (AvgIpc) is 3.09. The van der Waals surface area contributed by atoms with Gasteiger partial charge in [0, 0.05) is 25.7 Å². The lowest BCUT2D eigenvalue weighted by Crippen LogP contribution is -2.37. The van der Waals surface area contributed by atoms with Crippen LogP contribution in [-0.4, -0.2) is 84.4 Å². The highest BCUT2D eigenvalue weighted by molar-refractivity contribution is 5.78. The summed E-state index contributed by atoms with van der Waals surface area (Å²) in [4.78, 5) is 60.4. The first-order valence-corrected chi connectivity index (χ1v) is 19.2. The molecule has 0 aliphatic heterocycles. The standard InChI is InChI=1S/C37H68N2O11/c1-5-9-11-20-31(49-36(45)25-17-24-35(44)47-26-7-3)29(40)18-13-15-22-33(42)38-28-39-34(43)23-16-14-19-30(41)32(21-12-10-6-2)50-37(46)48-27-8-4/h29-32,40-41H,5-28H2,1-4H3,(H,38,42)(H,39,43). The Hall–Kier alpha value is -2.93. The van der Waals surface area contributed by atoms with Gasteiger partial charge in [0.2, 0.25) is 11.8 Å². The fraction of sp³-hybridized carbons (Fsp3) is 0.865. The van der Waals surface area contributed by atoms with E-state index in [1.54, 1.807) is 0 Å². The third kappa shape index (κ3) is 26.9. The number of nitrogens with one attached hydrogen (secondary N) is 2. The van der Waals surface area contributed by atoms with Crippen molar-refractivity contribution in [2.45, 2.75) is 187 Å². The lowest BCUT2D eigenvalue weighted by molar-refractivity contribution is -0.156. The van der Waals surface area contributed by atoms with Crippen LogP contribution in [0.4, 0.5) is 4.79 Å². The summed E-state index contributed by atoms with van der Waals surface area (Å²) in [5.41, 5.74) is 0. The van der Waals surface area contributed by atoms with Crippen LogP contribution in [0, 0.1) is 0 Å². The molecule has 0 radical (unpaired) electrons. The van der Waals surface area contributed by atoms with Gasteiger partial charge >= 0.3 is 18.1 Å². The Bertz CT molecular complexity index is 918. The molecule has 0 aliphatic carbocycles. The first kappa shape index (κ1) is 47.1. The molecule has 0 saturated carbocycles. The van der Waals surface area contributed by atoms with Crippen molar-refractivity contribution in [2.24, 2.45) is 0 Å². The highest BCUT2D eigenvalue weighted by atomic mass is 16.7. The number of rotatable bonds is 32. The molecule has 4 N–H and O–H groups in total. The summed E-state index contributed by atoms with van der Waals surface area (Å²) < 4.78 is 21.0. The minimum atomic E-state index is -0.851. The number of aliphatic hydroxyl groups excluding tert-OH is 2. The summed E-state index contributed by atoms with van der Waals surface area (Å²) in [6.45, 7) is 8.56. The number of amides is 2. The highest BCUT2D eigenvalue weighted by Gasteiger charge is 2.25. The van der Waals surface area contributed by atoms with Gasteiger partial charge in [-0.15, -0.1) is 0 Å². The van der Waals surface area contributed by atoms with Crippen molar-refractivity contribution in [2.75, 3.05) is 19.9 Å². The lowest BCUT2D eigenvalue weighted by atomic mass is 10.0. The Morgan fingerprint density at radius 1 is 0.500 bits per heavy atom. The van der Waals surface area contributed by atoms with E-state index in [0.717, 1.165) is 44.9 Å². The molecule has 0 rings (SSSR count). The van der Waals surface area contributed by atoms with Gasteiger partial charge in [0.15, 0.2) is 0 Å². The second-order valence-corrected chi connectivity index (χ2v) is 12.9. The molecule has 0 heterocycles. The lowest BCUT2D eigenvalue weighted by Gasteiger charge is -2.23. The number of carbonyl (C=O) groups excluding carboxylic acids is 5. The van der Waals surface area contributed by atoms with Gasteiger partial charge < -0.3 is 39.8 Å². The number of hydrogen-bond donors (Lipinski definition) is 4. The molecule has 292 valence electrons. The van der Waals surface area contributed by atoms with Crippen LogP contribution in [0.3, 0.4) is 0 Å². The maximum Gasteiger partial charge on any atom is 0.508 e. The zero-order valence-corrected chi connectivity index (χ0v) is 31.3. The summed E-state index contributed by atoms with van der Waals surface area (Å²) in [5.74, 6) is -1.23. The maximum absolute atomic E-state index is 12.4. The first-order chi connectivity index (χ1) is 24.1. The molecule has 0 aromatic heterocycles. The molecular weight excluding hydrogens is 648 g/mol. The number of esters is 2. The smallest absolute Gasteiger partial charge is 0.466 e. The van der Waals surface area contributed by atoms with E-state index in [1.165, 1.54) is 0 Å². The van der Waals surface area contributed by atoms with Gasteiger partial charge in [-0.3, -0.25) is 19.2 Å². The molecule has 0 spiro atoms. The van der Waals surface area contributed by atoms with Crippen molar-refractivity contribution < 1.29 is 53.1 Å². The number of carbonyl (C=O) groups is 5. The summed E-state index contributed by atoms with van der Waals surface area (Å²) in [6.07, 6.45) is 8.28. The van der Waals surface area contributed by atoms with Crippen LogP contribution < -0.4 is 10.6 Å². The zero-order valence-electron chi connectivity index (χ0n) is 31.3. The fourth-order valence-electron chi connectivity index (χ4n) is 5.15. The van der Waals surface area contributed by atoms with E-state index in [9.17, 15) is 34.2 Å². The quantitative estimate of drug-likeness (QED) is 0.0271. The number of ether oxygens (including phenoxy) is 4. The summed E-state index contributed by atoms with van der Waals surface area (Å²) >= 11 is 0. The molecule has 13 nitrogen and oxygen atoms in total. The summed E-state index contributed by atoms with van der Waals surface area (Å²) in [6, 6.07) is 0. The van der Waals surface area contributed by atoms with Crippen molar-refractivity contribution in [1.82, 2.24) is 10.6 Å². The van der Waals surface area contributed by atoms with Gasteiger partial charge in [-0.1, -0.05) is 66.2 Å². The number of unbranched alkanes of at least 4 members (excludes halogenated alkanes) is 6. The average molecular weight is 717 g/mol. The molecule has 0 saturated heterocycles. The zero-order chi connectivity index (χ0) is 37.4. The summed E-state index contributed by atoms with van der Waals surface area (Å²) in [7, 11) is 0. The van der Waals surface area contributed by atoms with Gasteiger partial charge in [-0.25, -0.2) is 4.79 Å². The van der Waals surface area contributed by atoms with Gasteiger partial charge in [0.1, 0.15) is 12.2 Å². The van der Waals surface area contributed by atoms with Gasteiger partial charge in [0.05, 0.1) is 32.1 Å². The van der Waals surface area contributed by atoms with Crippen molar-refractivity contribution in [1.29, 1.82) is 0 Å². The first-order valence-electron chi connectivity index (χ1n) is 19.2. The minimum absolute atomic E-state index is 0.00190. The normalized spacial score (nSPS) is 13.4. The predicted molar refractivity (Wildman–Crippen MR) is 190 cm³/mol. The molecule has 0 fully saturated rings. The van der Waals surface area contributed by atoms with Crippen molar-refractivity contribution in [3.63, 3.8) is 0 Å². The number of aliphatic hydroxyl groups is 2. The maximum atomic E-state index is 12.4. The third-order valence-electron chi connectivity index (χ3n) is 8.10. The molecule has 50 heavy (non-hydrogen) atoms. The van der Waals surface area contributed by atoms with Crippen molar-refractivity contribution in [3.05, 3.63) is 0 Å². The molecule has 4 atom stereocenters. The van der Waals surface area contributed by atoms with Crippen LogP contribution in [0.5, 0.6) is 0 Å². The van der Waals surface area contributed by atoms with Crippen LogP contribution in [0.2, 0.25) is 0 Å². The van der Waals surface area contributed by atoms with Crippen LogP contribution in [0.15, 0.2) is 0 Å². The molecule has 4 unspecified atom stereocenters. The Kier molecular flexibility index (Phi) is 30.1. The van der Waals surface area contributed by atoms with Crippen LogP contribution in [0.25, 0.3) is 0 Å². The van der Waals surface area contributed by atoms with Crippen molar-refractivity contribution >= 4 is 29.9 Å². The van der Waals surface area contributed by atoms with Gasteiger partial charge in [0.25, 0.3) is 0 Å². The Labute approximate surface area is 300 Å². The molecular formula is C37H68N2O11. The second kappa shape index (κ2) is 32.0. The van der Waals surface area contributed by atoms with E-state index >= 15 is 0 Å². The van der Waals surface area contributed by atoms with E-state index < -0.39 is 36.5 Å². The Morgan fingerprint density at radius 3 is 1.46 bits per heavy atom. The Balaban J connectivity index is 4.33. The van der Waals surface area contributed by atoms with Crippen molar-refractivity contribution in [3.8, 4) is 0 Å². The fourth-order valence-corrected chi connectivity index (χ4v) is 5.15. The van der Waals surface area contributed by atoms with Gasteiger partial charge in [-0.05, 0) is 70.6 Å². The van der Waals surface area contributed by atoms with Crippen LogP contribution in [-0.2, 0) is 38.1 Å². The summed E-state index contributed by atoms with van der Waals surface area (Å²) in [5, 5.41) is 26.7. The van der Waals surface area contributed by atoms with E-state index in [4.69, 9.17) is 18.9 Å². The van der Waals surface area contributed by atoms with Crippen LogP contribution >= 0.6 is 0 Å². The number of hydrogen-bond acceptors (Lipinski definition) is 11. The monoisotopic (exact) mass is 716 g/mol. The topological polar surface area (TPSA) is 187 Å².